The van der Waals surface area contributed by atoms with Crippen LogP contribution in [0.5, 0.6) is 0 Å². The third-order valence-electron chi connectivity index (χ3n) is 4.65. The molecule has 0 saturated carbocycles. The number of rotatable bonds is 5. The molecule has 0 aliphatic carbocycles. The zero-order valence-electron chi connectivity index (χ0n) is 15.7. The third kappa shape index (κ3) is 4.49. The summed E-state index contributed by atoms with van der Waals surface area (Å²) in [6.07, 6.45) is 1.69. The van der Waals surface area contributed by atoms with Gasteiger partial charge in [0.25, 0.3) is 0 Å². The predicted octanol–water partition coefficient (Wildman–Crippen LogP) is 3.43. The smallest absolute Gasteiger partial charge is 0.244 e. The molecule has 156 valence electrons. The van der Waals surface area contributed by atoms with Crippen LogP contribution in [0.3, 0.4) is 0 Å². The highest BCUT2D eigenvalue weighted by atomic mass is 35.5. The normalized spacial score (nSPS) is 15.2. The monoisotopic (exact) mass is 464 g/mol. The quantitative estimate of drug-likeness (QED) is 0.617. The molecule has 0 atom stereocenters. The van der Waals surface area contributed by atoms with Gasteiger partial charge in [-0.25, -0.2) is 13.4 Å². The summed E-state index contributed by atoms with van der Waals surface area (Å²) < 4.78 is 27.3. The second-order valence-electron chi connectivity index (χ2n) is 6.58. The molecule has 0 spiro atoms. The van der Waals surface area contributed by atoms with Crippen molar-refractivity contribution in [1.29, 1.82) is 0 Å². The van der Waals surface area contributed by atoms with E-state index >= 15 is 0 Å². The molecule has 1 aromatic carbocycles. The number of hydrogen-bond acceptors (Lipinski definition) is 7. The third-order valence-corrected chi connectivity index (χ3v) is 7.26. The first-order chi connectivity index (χ1) is 14.4. The zero-order chi connectivity index (χ0) is 21.1. The van der Waals surface area contributed by atoms with Crippen LogP contribution in [0, 0.1) is 0 Å². The lowest BCUT2D eigenvalue weighted by molar-refractivity contribution is 0.383. The standard InChI is InChI=1S/C19H18Cl2N6O2S/c20-14-4-5-15(21)16(13-14)30(28,29)27-11-9-26(10-12-27)19-7-6-18(24-25-19)23-17-3-1-2-8-22-17/h1-8,13H,9-12H2,(H,22,23,24). The van der Waals surface area contributed by atoms with E-state index in [1.807, 2.05) is 35.2 Å². The summed E-state index contributed by atoms with van der Waals surface area (Å²) in [5.74, 6) is 1.94. The van der Waals surface area contributed by atoms with Gasteiger partial charge in [0.1, 0.15) is 10.7 Å². The Kier molecular flexibility index (Phi) is 6.05. The lowest BCUT2D eigenvalue weighted by atomic mass is 10.3. The van der Waals surface area contributed by atoms with Gasteiger partial charge < -0.3 is 10.2 Å². The Morgan fingerprint density at radius 3 is 2.37 bits per heavy atom. The van der Waals surface area contributed by atoms with Crippen LogP contribution in [0.4, 0.5) is 17.5 Å². The molecular weight excluding hydrogens is 447 g/mol. The molecule has 0 amide bonds. The maximum Gasteiger partial charge on any atom is 0.244 e. The van der Waals surface area contributed by atoms with Crippen molar-refractivity contribution < 1.29 is 8.42 Å². The molecule has 3 heterocycles. The van der Waals surface area contributed by atoms with Gasteiger partial charge in [-0.1, -0.05) is 29.3 Å². The second-order valence-corrected chi connectivity index (χ2v) is 9.33. The van der Waals surface area contributed by atoms with Crippen molar-refractivity contribution >= 4 is 50.7 Å². The largest absolute Gasteiger partial charge is 0.352 e. The first-order valence-electron chi connectivity index (χ1n) is 9.15. The van der Waals surface area contributed by atoms with Crippen molar-refractivity contribution in [2.75, 3.05) is 36.4 Å². The van der Waals surface area contributed by atoms with Gasteiger partial charge in [0.2, 0.25) is 10.0 Å². The number of hydrogen-bond donors (Lipinski definition) is 1. The molecule has 0 unspecified atom stereocenters. The molecule has 0 radical (unpaired) electrons. The Labute approximate surface area is 184 Å². The highest BCUT2D eigenvalue weighted by Gasteiger charge is 2.30. The minimum absolute atomic E-state index is 0.0230. The van der Waals surface area contributed by atoms with Gasteiger partial charge in [0.05, 0.1) is 5.02 Å². The van der Waals surface area contributed by atoms with Crippen molar-refractivity contribution in [3.05, 3.63) is 64.8 Å². The van der Waals surface area contributed by atoms with Crippen LogP contribution < -0.4 is 10.2 Å². The number of nitrogens with zero attached hydrogens (tertiary/aromatic N) is 5. The van der Waals surface area contributed by atoms with E-state index in [9.17, 15) is 8.42 Å². The van der Waals surface area contributed by atoms with E-state index in [-0.39, 0.29) is 9.92 Å². The Morgan fingerprint density at radius 2 is 1.70 bits per heavy atom. The summed E-state index contributed by atoms with van der Waals surface area (Å²) in [6, 6.07) is 13.6. The van der Waals surface area contributed by atoms with Crippen molar-refractivity contribution in [1.82, 2.24) is 19.5 Å². The zero-order valence-corrected chi connectivity index (χ0v) is 18.1. The van der Waals surface area contributed by atoms with E-state index in [2.05, 4.69) is 20.5 Å². The summed E-state index contributed by atoms with van der Waals surface area (Å²) in [5, 5.41) is 12.0. The molecular formula is C19H18Cl2N6O2S. The van der Waals surface area contributed by atoms with Gasteiger partial charge in [0, 0.05) is 37.4 Å². The molecule has 1 fully saturated rings. The van der Waals surface area contributed by atoms with E-state index in [0.717, 1.165) is 0 Å². The molecule has 1 saturated heterocycles. The van der Waals surface area contributed by atoms with Gasteiger partial charge in [-0.15, -0.1) is 10.2 Å². The van der Waals surface area contributed by atoms with Crippen LogP contribution in [-0.4, -0.2) is 54.1 Å². The van der Waals surface area contributed by atoms with E-state index in [1.165, 1.54) is 16.4 Å². The van der Waals surface area contributed by atoms with Crippen molar-refractivity contribution in [3.63, 3.8) is 0 Å². The van der Waals surface area contributed by atoms with Gasteiger partial charge in [-0.2, -0.15) is 4.31 Å². The molecule has 1 N–H and O–H groups in total. The van der Waals surface area contributed by atoms with E-state index in [1.54, 1.807) is 12.3 Å². The fourth-order valence-corrected chi connectivity index (χ4v) is 5.26. The molecule has 1 aliphatic rings. The summed E-state index contributed by atoms with van der Waals surface area (Å²) in [7, 11) is -3.72. The van der Waals surface area contributed by atoms with Gasteiger partial charge in [-0.3, -0.25) is 0 Å². The number of nitrogens with one attached hydrogen (secondary N) is 1. The Morgan fingerprint density at radius 1 is 0.900 bits per heavy atom. The number of pyridine rings is 1. The van der Waals surface area contributed by atoms with Crippen molar-refractivity contribution in [2.24, 2.45) is 0 Å². The van der Waals surface area contributed by atoms with Crippen LogP contribution in [0.2, 0.25) is 10.0 Å². The average molecular weight is 465 g/mol. The van der Waals surface area contributed by atoms with Gasteiger partial charge in [0.15, 0.2) is 11.6 Å². The molecule has 30 heavy (non-hydrogen) atoms. The first-order valence-corrected chi connectivity index (χ1v) is 11.3. The van der Waals surface area contributed by atoms with Crippen LogP contribution in [0.25, 0.3) is 0 Å². The lowest BCUT2D eigenvalue weighted by Gasteiger charge is -2.34. The second kappa shape index (κ2) is 8.73. The van der Waals surface area contributed by atoms with Gasteiger partial charge >= 0.3 is 0 Å². The number of anilines is 3. The molecule has 0 bridgehead atoms. The molecule has 11 heteroatoms. The maximum atomic E-state index is 12.9. The van der Waals surface area contributed by atoms with Crippen LogP contribution in [-0.2, 0) is 10.0 Å². The molecule has 1 aliphatic heterocycles. The van der Waals surface area contributed by atoms with Gasteiger partial charge in [-0.05, 0) is 42.5 Å². The SMILES string of the molecule is O=S(=O)(c1cc(Cl)ccc1Cl)N1CCN(c2ccc(Nc3ccccn3)nn2)CC1. The molecule has 2 aromatic heterocycles. The van der Waals surface area contributed by atoms with Crippen molar-refractivity contribution in [3.8, 4) is 0 Å². The Balaban J connectivity index is 1.41. The molecule has 3 aromatic rings. The minimum atomic E-state index is -3.72. The molecule has 8 nitrogen and oxygen atoms in total. The summed E-state index contributed by atoms with van der Waals surface area (Å²) in [4.78, 5) is 6.20. The highest BCUT2D eigenvalue weighted by molar-refractivity contribution is 7.89. The highest BCUT2D eigenvalue weighted by Crippen LogP contribution is 2.28. The summed E-state index contributed by atoms with van der Waals surface area (Å²) >= 11 is 12.0. The van der Waals surface area contributed by atoms with E-state index in [0.29, 0.717) is 48.7 Å². The van der Waals surface area contributed by atoms with E-state index in [4.69, 9.17) is 23.2 Å². The predicted molar refractivity (Wildman–Crippen MR) is 117 cm³/mol. The average Bonchev–Trinajstić information content (AvgIpc) is 2.77. The number of piperazine rings is 1. The number of aromatic nitrogens is 3. The fraction of sp³-hybridized carbons (Fsp3) is 0.211. The fourth-order valence-electron chi connectivity index (χ4n) is 3.10. The number of sulfonamides is 1. The molecule has 4 rings (SSSR count). The van der Waals surface area contributed by atoms with Crippen LogP contribution in [0.15, 0.2) is 59.6 Å². The lowest BCUT2D eigenvalue weighted by Crippen LogP contribution is -2.49. The maximum absolute atomic E-state index is 12.9. The Bertz CT molecular complexity index is 1120. The van der Waals surface area contributed by atoms with Crippen LogP contribution in [0.1, 0.15) is 0 Å². The number of benzene rings is 1. The number of halogens is 2. The van der Waals surface area contributed by atoms with E-state index < -0.39 is 10.0 Å². The summed E-state index contributed by atoms with van der Waals surface area (Å²) in [6.45, 7) is 1.58. The Hall–Kier alpha value is -2.46. The topological polar surface area (TPSA) is 91.3 Å². The summed E-state index contributed by atoms with van der Waals surface area (Å²) in [5.41, 5.74) is 0. The first kappa shape index (κ1) is 20.8. The van der Waals surface area contributed by atoms with Crippen molar-refractivity contribution in [2.45, 2.75) is 4.90 Å². The minimum Gasteiger partial charge on any atom is -0.352 e. The van der Waals surface area contributed by atoms with Crippen LogP contribution >= 0.6 is 23.2 Å².